The van der Waals surface area contributed by atoms with Gasteiger partial charge >= 0.3 is 0 Å². The highest BCUT2D eigenvalue weighted by molar-refractivity contribution is 7.99. The molecule has 0 bridgehead atoms. The molecule has 0 unspecified atom stereocenters. The molecule has 1 saturated heterocycles. The Morgan fingerprint density at radius 1 is 1.14 bits per heavy atom. The van der Waals surface area contributed by atoms with Gasteiger partial charge in [-0.25, -0.2) is 4.98 Å². The van der Waals surface area contributed by atoms with Crippen molar-refractivity contribution in [2.24, 2.45) is 0 Å². The van der Waals surface area contributed by atoms with Crippen LogP contribution in [0.3, 0.4) is 0 Å². The molecule has 1 aliphatic heterocycles. The third-order valence-corrected chi connectivity index (χ3v) is 5.09. The van der Waals surface area contributed by atoms with Gasteiger partial charge in [-0.3, -0.25) is 4.90 Å². The monoisotopic (exact) mass is 298 g/mol. The Labute approximate surface area is 131 Å². The van der Waals surface area contributed by atoms with Crippen LogP contribution in [0, 0.1) is 0 Å². The molecule has 1 aromatic heterocycles. The molecule has 21 heavy (non-hydrogen) atoms. The van der Waals surface area contributed by atoms with Crippen LogP contribution >= 0.6 is 11.8 Å². The van der Waals surface area contributed by atoms with Crippen molar-refractivity contribution < 1.29 is 0 Å². The van der Waals surface area contributed by atoms with Gasteiger partial charge in [-0.15, -0.1) is 0 Å². The molecule has 0 aliphatic carbocycles. The fourth-order valence-corrected chi connectivity index (χ4v) is 3.78. The summed E-state index contributed by atoms with van der Waals surface area (Å²) in [5.74, 6) is 0. The second-order valence-corrected chi connectivity index (χ2v) is 6.58. The van der Waals surface area contributed by atoms with Gasteiger partial charge in [0.25, 0.3) is 0 Å². The Kier molecular flexibility index (Phi) is 4.94. The van der Waals surface area contributed by atoms with Crippen LogP contribution in [0.25, 0.3) is 0 Å². The Balaban J connectivity index is 1.71. The number of likely N-dealkylation sites (tertiary alicyclic amines) is 1. The number of aromatic nitrogens is 1. The topological polar surface area (TPSA) is 16.1 Å². The molecule has 1 fully saturated rings. The van der Waals surface area contributed by atoms with Crippen LogP contribution < -0.4 is 0 Å². The molecular formula is C18H22N2S. The number of piperidine rings is 1. The van der Waals surface area contributed by atoms with Crippen molar-refractivity contribution in [2.75, 3.05) is 13.1 Å². The first kappa shape index (κ1) is 14.6. The highest BCUT2D eigenvalue weighted by Crippen LogP contribution is 2.32. The number of hydrogen-bond donors (Lipinski definition) is 0. The first-order chi connectivity index (χ1) is 10.4. The summed E-state index contributed by atoms with van der Waals surface area (Å²) in [6, 6.07) is 15.4. The van der Waals surface area contributed by atoms with E-state index in [1.165, 1.54) is 36.3 Å². The predicted octanol–water partition coefficient (Wildman–Crippen LogP) is 4.78. The number of benzene rings is 1. The maximum Gasteiger partial charge on any atom is 0.101 e. The van der Waals surface area contributed by atoms with Crippen molar-refractivity contribution >= 4 is 11.8 Å². The van der Waals surface area contributed by atoms with E-state index in [1.807, 2.05) is 6.07 Å². The molecule has 1 atom stereocenters. The van der Waals surface area contributed by atoms with Crippen molar-refractivity contribution in [3.05, 3.63) is 54.2 Å². The van der Waals surface area contributed by atoms with Crippen LogP contribution in [0.2, 0.25) is 0 Å². The van der Waals surface area contributed by atoms with Gasteiger partial charge in [-0.2, -0.15) is 0 Å². The van der Waals surface area contributed by atoms with Crippen molar-refractivity contribution in [2.45, 2.75) is 42.1 Å². The summed E-state index contributed by atoms with van der Waals surface area (Å²) in [5.41, 5.74) is 1.37. The Morgan fingerprint density at radius 2 is 2.00 bits per heavy atom. The molecule has 0 spiro atoms. The van der Waals surface area contributed by atoms with E-state index in [0.29, 0.717) is 6.04 Å². The summed E-state index contributed by atoms with van der Waals surface area (Å²) < 4.78 is 0. The van der Waals surface area contributed by atoms with Crippen LogP contribution in [0.15, 0.2) is 58.6 Å². The van der Waals surface area contributed by atoms with Crippen LogP contribution in [0.5, 0.6) is 0 Å². The van der Waals surface area contributed by atoms with Gasteiger partial charge in [-0.1, -0.05) is 49.4 Å². The fourth-order valence-electron chi connectivity index (χ4n) is 3.01. The molecule has 0 radical (unpaired) electrons. The molecule has 3 rings (SSSR count). The molecule has 110 valence electrons. The summed E-state index contributed by atoms with van der Waals surface area (Å²) in [6.07, 6.45) is 6.01. The second kappa shape index (κ2) is 7.10. The Bertz CT molecular complexity index is 553. The van der Waals surface area contributed by atoms with E-state index in [9.17, 15) is 0 Å². The van der Waals surface area contributed by atoms with Crippen LogP contribution in [0.4, 0.5) is 0 Å². The van der Waals surface area contributed by atoms with Gasteiger partial charge in [0.1, 0.15) is 5.03 Å². The smallest absolute Gasteiger partial charge is 0.101 e. The lowest BCUT2D eigenvalue weighted by Gasteiger charge is -2.35. The molecule has 0 saturated carbocycles. The van der Waals surface area contributed by atoms with E-state index in [0.717, 1.165) is 11.6 Å². The lowest BCUT2D eigenvalue weighted by Crippen LogP contribution is -2.33. The van der Waals surface area contributed by atoms with Crippen molar-refractivity contribution in [3.8, 4) is 0 Å². The average molecular weight is 298 g/mol. The molecule has 0 amide bonds. The quantitative estimate of drug-likeness (QED) is 0.808. The third-order valence-electron chi connectivity index (χ3n) is 4.13. The highest BCUT2D eigenvalue weighted by atomic mass is 32.2. The Hall–Kier alpha value is -1.32. The van der Waals surface area contributed by atoms with Crippen LogP contribution in [0.1, 0.15) is 37.8 Å². The first-order valence-electron chi connectivity index (χ1n) is 7.79. The molecular weight excluding hydrogens is 276 g/mol. The zero-order valence-electron chi connectivity index (χ0n) is 12.5. The molecule has 2 nitrogen and oxygen atoms in total. The second-order valence-electron chi connectivity index (χ2n) is 5.49. The Morgan fingerprint density at radius 3 is 2.71 bits per heavy atom. The largest absolute Gasteiger partial charge is 0.297 e. The van der Waals surface area contributed by atoms with Crippen LogP contribution in [-0.2, 0) is 0 Å². The number of nitrogens with zero attached hydrogens (tertiary/aromatic N) is 2. The SMILES string of the molecule is CCN1CCCC[C@H]1c1ccc(Sc2ccccc2)nc1. The predicted molar refractivity (Wildman–Crippen MR) is 88.6 cm³/mol. The van der Waals surface area contributed by atoms with Gasteiger partial charge < -0.3 is 0 Å². The van der Waals surface area contributed by atoms with E-state index in [4.69, 9.17) is 0 Å². The van der Waals surface area contributed by atoms with Crippen molar-refractivity contribution in [1.29, 1.82) is 0 Å². The summed E-state index contributed by atoms with van der Waals surface area (Å²) >= 11 is 1.72. The minimum absolute atomic E-state index is 0.562. The molecule has 2 heterocycles. The lowest BCUT2D eigenvalue weighted by molar-refractivity contribution is 0.157. The van der Waals surface area contributed by atoms with E-state index >= 15 is 0 Å². The average Bonchev–Trinajstić information content (AvgIpc) is 2.56. The number of hydrogen-bond acceptors (Lipinski definition) is 3. The molecule has 1 aromatic carbocycles. The van der Waals surface area contributed by atoms with Crippen molar-refractivity contribution in [3.63, 3.8) is 0 Å². The summed E-state index contributed by atoms with van der Waals surface area (Å²) in [6.45, 7) is 4.61. The standard InChI is InChI=1S/C18H22N2S/c1-2-20-13-7-6-10-17(20)15-11-12-18(19-14-15)21-16-8-4-3-5-9-16/h3-5,8-9,11-12,14,17H,2,6-7,10,13H2,1H3/t17-/m0/s1. The number of rotatable bonds is 4. The minimum Gasteiger partial charge on any atom is -0.297 e. The normalized spacial score (nSPS) is 19.6. The minimum atomic E-state index is 0.562. The molecule has 1 aliphatic rings. The first-order valence-corrected chi connectivity index (χ1v) is 8.61. The van der Waals surface area contributed by atoms with Crippen LogP contribution in [-0.4, -0.2) is 23.0 Å². The van der Waals surface area contributed by atoms with E-state index in [2.05, 4.69) is 59.4 Å². The highest BCUT2D eigenvalue weighted by Gasteiger charge is 2.22. The third kappa shape index (κ3) is 3.66. The molecule has 2 aromatic rings. The summed E-state index contributed by atoms with van der Waals surface area (Å²) in [4.78, 5) is 8.47. The molecule has 0 N–H and O–H groups in total. The van der Waals surface area contributed by atoms with Gasteiger partial charge in [0, 0.05) is 17.1 Å². The van der Waals surface area contributed by atoms with Gasteiger partial charge in [0.2, 0.25) is 0 Å². The number of pyridine rings is 1. The van der Waals surface area contributed by atoms with Gasteiger partial charge in [0.05, 0.1) is 0 Å². The zero-order chi connectivity index (χ0) is 14.5. The maximum atomic E-state index is 4.65. The maximum absolute atomic E-state index is 4.65. The van der Waals surface area contributed by atoms with E-state index in [1.54, 1.807) is 11.8 Å². The van der Waals surface area contributed by atoms with Gasteiger partial charge in [0.15, 0.2) is 0 Å². The van der Waals surface area contributed by atoms with E-state index in [-0.39, 0.29) is 0 Å². The molecule has 3 heteroatoms. The van der Waals surface area contributed by atoms with Crippen molar-refractivity contribution in [1.82, 2.24) is 9.88 Å². The summed E-state index contributed by atoms with van der Waals surface area (Å²) in [5, 5.41) is 1.07. The fraction of sp³-hybridized carbons (Fsp3) is 0.389. The zero-order valence-corrected chi connectivity index (χ0v) is 13.4. The van der Waals surface area contributed by atoms with E-state index < -0.39 is 0 Å². The lowest BCUT2D eigenvalue weighted by atomic mass is 9.96. The summed E-state index contributed by atoms with van der Waals surface area (Å²) in [7, 11) is 0. The van der Waals surface area contributed by atoms with Gasteiger partial charge in [-0.05, 0) is 49.7 Å².